The Morgan fingerprint density at radius 2 is 1.91 bits per heavy atom. The molecule has 1 aromatic heterocycles. The predicted molar refractivity (Wildman–Crippen MR) is 89.1 cm³/mol. The average Bonchev–Trinajstić information content (AvgIpc) is 2.54. The Morgan fingerprint density at radius 3 is 2.45 bits per heavy atom. The van der Waals surface area contributed by atoms with E-state index in [4.69, 9.17) is 4.74 Å². The van der Waals surface area contributed by atoms with Gasteiger partial charge >= 0.3 is 0 Å². The number of nitrogens with zero attached hydrogens (tertiary/aromatic N) is 1. The van der Waals surface area contributed by atoms with E-state index in [9.17, 15) is 4.79 Å². The van der Waals surface area contributed by atoms with Crippen LogP contribution in [0.25, 0.3) is 6.08 Å². The zero-order chi connectivity index (χ0) is 15.9. The molecule has 114 valence electrons. The lowest BCUT2D eigenvalue weighted by Crippen LogP contribution is -2.11. The van der Waals surface area contributed by atoms with Crippen LogP contribution in [0.4, 0.5) is 5.69 Å². The van der Waals surface area contributed by atoms with E-state index in [1.165, 1.54) is 0 Å². The van der Waals surface area contributed by atoms with Gasteiger partial charge in [-0.15, -0.1) is 0 Å². The maximum atomic E-state index is 12.2. The van der Waals surface area contributed by atoms with E-state index in [0.717, 1.165) is 5.56 Å². The molecule has 4 nitrogen and oxygen atoms in total. The van der Waals surface area contributed by atoms with Crippen LogP contribution in [0.5, 0.6) is 5.88 Å². The molecule has 0 saturated carbocycles. The molecule has 4 heteroatoms. The van der Waals surface area contributed by atoms with Crippen molar-refractivity contribution in [2.24, 2.45) is 5.92 Å². The summed E-state index contributed by atoms with van der Waals surface area (Å²) in [4.78, 5) is 16.2. The number of allylic oxidation sites excluding steroid dienone is 1. The monoisotopic (exact) mass is 296 g/mol. The summed E-state index contributed by atoms with van der Waals surface area (Å²) >= 11 is 0. The first-order valence-corrected chi connectivity index (χ1v) is 7.18. The molecule has 0 aliphatic carbocycles. The van der Waals surface area contributed by atoms with Gasteiger partial charge in [0.25, 0.3) is 5.91 Å². The number of hydrogen-bond acceptors (Lipinski definition) is 3. The Bertz CT molecular complexity index is 644. The smallest absolute Gasteiger partial charge is 0.255 e. The van der Waals surface area contributed by atoms with Gasteiger partial charge in [-0.2, -0.15) is 0 Å². The van der Waals surface area contributed by atoms with Crippen LogP contribution >= 0.6 is 0 Å². The minimum atomic E-state index is -0.161. The maximum Gasteiger partial charge on any atom is 0.255 e. The molecular weight excluding hydrogens is 276 g/mol. The molecule has 1 amide bonds. The summed E-state index contributed by atoms with van der Waals surface area (Å²) in [7, 11) is 1.55. The first-order chi connectivity index (χ1) is 10.6. The van der Waals surface area contributed by atoms with E-state index in [1.807, 2.05) is 24.3 Å². The average molecular weight is 296 g/mol. The summed E-state index contributed by atoms with van der Waals surface area (Å²) in [5, 5.41) is 2.80. The van der Waals surface area contributed by atoms with E-state index in [0.29, 0.717) is 23.0 Å². The van der Waals surface area contributed by atoms with Gasteiger partial charge in [-0.1, -0.05) is 38.1 Å². The molecule has 22 heavy (non-hydrogen) atoms. The largest absolute Gasteiger partial charge is 0.481 e. The lowest BCUT2D eigenvalue weighted by Gasteiger charge is -2.06. The first-order valence-electron chi connectivity index (χ1n) is 7.18. The van der Waals surface area contributed by atoms with E-state index >= 15 is 0 Å². The summed E-state index contributed by atoms with van der Waals surface area (Å²) in [6.45, 7) is 4.25. The SMILES string of the molecule is COc1ccc(NC(=O)c2ccc(C=CC(C)C)cc2)cn1. The quantitative estimate of drug-likeness (QED) is 0.907. The number of pyridine rings is 1. The lowest BCUT2D eigenvalue weighted by molar-refractivity contribution is 0.102. The van der Waals surface area contributed by atoms with Crippen LogP contribution in [0.2, 0.25) is 0 Å². The highest BCUT2D eigenvalue weighted by molar-refractivity contribution is 6.04. The number of methoxy groups -OCH3 is 1. The van der Waals surface area contributed by atoms with Crippen molar-refractivity contribution in [3.63, 3.8) is 0 Å². The second kappa shape index (κ2) is 7.41. The third-order valence-electron chi connectivity index (χ3n) is 3.05. The minimum absolute atomic E-state index is 0.161. The van der Waals surface area contributed by atoms with Crippen molar-refractivity contribution in [1.82, 2.24) is 4.98 Å². The number of ether oxygens (including phenoxy) is 1. The van der Waals surface area contributed by atoms with Crippen LogP contribution in [0, 0.1) is 5.92 Å². The Balaban J connectivity index is 2.02. The number of anilines is 1. The van der Waals surface area contributed by atoms with Crippen molar-refractivity contribution < 1.29 is 9.53 Å². The lowest BCUT2D eigenvalue weighted by atomic mass is 10.1. The molecule has 0 aliphatic heterocycles. The van der Waals surface area contributed by atoms with Crippen LogP contribution in [0.15, 0.2) is 48.7 Å². The molecule has 0 radical (unpaired) electrons. The van der Waals surface area contributed by atoms with E-state index in [1.54, 1.807) is 25.4 Å². The standard InChI is InChI=1S/C18H20N2O2/c1-13(2)4-5-14-6-8-15(9-7-14)18(21)20-16-10-11-17(22-3)19-12-16/h4-13H,1-3H3,(H,20,21). The maximum absolute atomic E-state index is 12.2. The van der Waals surface area contributed by atoms with Gasteiger partial charge in [0.15, 0.2) is 0 Å². The highest BCUT2D eigenvalue weighted by atomic mass is 16.5. The number of carbonyl (C=O) groups excluding carboxylic acids is 1. The Labute approximate surface area is 130 Å². The number of hydrogen-bond donors (Lipinski definition) is 1. The van der Waals surface area contributed by atoms with Crippen molar-refractivity contribution in [1.29, 1.82) is 0 Å². The van der Waals surface area contributed by atoms with Crippen molar-refractivity contribution in [3.05, 3.63) is 59.8 Å². The molecule has 0 saturated heterocycles. The number of rotatable bonds is 5. The highest BCUT2D eigenvalue weighted by Gasteiger charge is 2.06. The number of carbonyl (C=O) groups is 1. The molecule has 2 rings (SSSR count). The number of amides is 1. The van der Waals surface area contributed by atoms with Crippen LogP contribution in [0.3, 0.4) is 0 Å². The molecule has 2 aromatic rings. The summed E-state index contributed by atoms with van der Waals surface area (Å²) in [5.41, 5.74) is 2.32. The summed E-state index contributed by atoms with van der Waals surface area (Å²) in [6, 6.07) is 10.9. The van der Waals surface area contributed by atoms with Crippen molar-refractivity contribution >= 4 is 17.7 Å². The van der Waals surface area contributed by atoms with Crippen LogP contribution in [-0.2, 0) is 0 Å². The fraction of sp³-hybridized carbons (Fsp3) is 0.222. The molecular formula is C18H20N2O2. The Hall–Kier alpha value is -2.62. The van der Waals surface area contributed by atoms with Crippen molar-refractivity contribution in [2.45, 2.75) is 13.8 Å². The Kier molecular flexibility index (Phi) is 5.31. The van der Waals surface area contributed by atoms with Gasteiger partial charge in [0.1, 0.15) is 0 Å². The first kappa shape index (κ1) is 15.8. The predicted octanol–water partition coefficient (Wildman–Crippen LogP) is 4.01. The molecule has 0 fully saturated rings. The topological polar surface area (TPSA) is 51.2 Å². The fourth-order valence-corrected chi connectivity index (χ4v) is 1.83. The van der Waals surface area contributed by atoms with Crippen LogP contribution < -0.4 is 10.1 Å². The van der Waals surface area contributed by atoms with Crippen molar-refractivity contribution in [3.8, 4) is 5.88 Å². The number of aromatic nitrogens is 1. The normalized spacial score (nSPS) is 10.9. The van der Waals surface area contributed by atoms with Crippen LogP contribution in [-0.4, -0.2) is 18.0 Å². The van der Waals surface area contributed by atoms with Crippen LogP contribution in [0.1, 0.15) is 29.8 Å². The fourth-order valence-electron chi connectivity index (χ4n) is 1.83. The zero-order valence-electron chi connectivity index (χ0n) is 13.0. The highest BCUT2D eigenvalue weighted by Crippen LogP contribution is 2.13. The van der Waals surface area contributed by atoms with E-state index < -0.39 is 0 Å². The second-order valence-electron chi connectivity index (χ2n) is 5.27. The zero-order valence-corrected chi connectivity index (χ0v) is 13.0. The summed E-state index contributed by atoms with van der Waals surface area (Å²) in [5.74, 6) is 0.858. The Morgan fingerprint density at radius 1 is 1.18 bits per heavy atom. The van der Waals surface area contributed by atoms with Crippen molar-refractivity contribution in [2.75, 3.05) is 12.4 Å². The van der Waals surface area contributed by atoms with E-state index in [2.05, 4.69) is 36.3 Å². The third-order valence-corrected chi connectivity index (χ3v) is 3.05. The third kappa shape index (κ3) is 4.45. The molecule has 0 unspecified atom stereocenters. The molecule has 0 bridgehead atoms. The van der Waals surface area contributed by atoms with E-state index in [-0.39, 0.29) is 5.91 Å². The van der Waals surface area contributed by atoms with Gasteiger partial charge in [-0.25, -0.2) is 4.98 Å². The molecule has 1 aromatic carbocycles. The minimum Gasteiger partial charge on any atom is -0.481 e. The number of benzene rings is 1. The molecule has 0 spiro atoms. The van der Waals surface area contributed by atoms with Gasteiger partial charge < -0.3 is 10.1 Å². The van der Waals surface area contributed by atoms with Gasteiger partial charge in [-0.3, -0.25) is 4.79 Å². The van der Waals surface area contributed by atoms with Gasteiger partial charge in [0, 0.05) is 11.6 Å². The summed E-state index contributed by atoms with van der Waals surface area (Å²) < 4.78 is 4.98. The van der Waals surface area contributed by atoms with Gasteiger partial charge in [0.2, 0.25) is 5.88 Å². The molecule has 0 atom stereocenters. The van der Waals surface area contributed by atoms with Gasteiger partial charge in [0.05, 0.1) is 19.0 Å². The number of nitrogens with one attached hydrogen (secondary N) is 1. The summed E-state index contributed by atoms with van der Waals surface area (Å²) in [6.07, 6.45) is 5.74. The molecule has 0 aliphatic rings. The molecule has 1 N–H and O–H groups in total. The second-order valence-corrected chi connectivity index (χ2v) is 5.27. The molecule has 1 heterocycles. The van der Waals surface area contributed by atoms with Gasteiger partial charge in [-0.05, 0) is 29.7 Å².